The largest absolute Gasteiger partial charge is 0.389 e. The van der Waals surface area contributed by atoms with E-state index in [0.29, 0.717) is 0 Å². The first-order valence-electron chi connectivity index (χ1n) is 4.44. The number of rotatable bonds is 3. The minimum atomic E-state index is -0.00902. The van der Waals surface area contributed by atoms with E-state index in [4.69, 9.17) is 5.11 Å². The zero-order valence-electron chi connectivity index (χ0n) is 7.82. The Bertz CT molecular complexity index is 441. The highest BCUT2D eigenvalue weighted by atomic mass is 32.1. The zero-order valence-corrected chi connectivity index (χ0v) is 8.64. The van der Waals surface area contributed by atoms with Crippen LogP contribution >= 0.6 is 11.3 Å². The maximum absolute atomic E-state index is 8.97. The van der Waals surface area contributed by atoms with Crippen LogP contribution in [0.5, 0.6) is 0 Å². The molecule has 2 aromatic rings. The van der Waals surface area contributed by atoms with E-state index in [1.807, 2.05) is 13.0 Å². The summed E-state index contributed by atoms with van der Waals surface area (Å²) in [4.78, 5) is 8.49. The summed E-state index contributed by atoms with van der Waals surface area (Å²) < 4.78 is 1.06. The highest BCUT2D eigenvalue weighted by Gasteiger charge is 2.07. The van der Waals surface area contributed by atoms with Gasteiger partial charge in [-0.25, -0.2) is 9.97 Å². The molecule has 5 heteroatoms. The highest BCUT2D eigenvalue weighted by molar-refractivity contribution is 7.18. The van der Waals surface area contributed by atoms with Gasteiger partial charge in [0, 0.05) is 12.7 Å². The van der Waals surface area contributed by atoms with Crippen molar-refractivity contribution in [2.45, 2.75) is 13.5 Å². The minimum Gasteiger partial charge on any atom is -0.389 e. The fourth-order valence-electron chi connectivity index (χ4n) is 1.27. The van der Waals surface area contributed by atoms with Gasteiger partial charge in [-0.15, -0.1) is 11.3 Å². The predicted octanol–water partition coefficient (Wildman–Crippen LogP) is 1.62. The minimum absolute atomic E-state index is 0.00902. The average molecular weight is 209 g/mol. The van der Waals surface area contributed by atoms with Crippen LogP contribution in [0.4, 0.5) is 5.82 Å². The predicted molar refractivity (Wildman–Crippen MR) is 57.5 cm³/mol. The number of nitrogens with zero attached hydrogens (tertiary/aromatic N) is 2. The summed E-state index contributed by atoms with van der Waals surface area (Å²) >= 11 is 1.50. The summed E-state index contributed by atoms with van der Waals surface area (Å²) in [6.45, 7) is 2.82. The molecule has 14 heavy (non-hydrogen) atoms. The molecule has 0 spiro atoms. The summed E-state index contributed by atoms with van der Waals surface area (Å²) in [6.07, 6.45) is 1.75. The quantitative estimate of drug-likeness (QED) is 0.806. The van der Waals surface area contributed by atoms with Crippen LogP contribution in [0.1, 0.15) is 11.9 Å². The fourth-order valence-corrected chi connectivity index (χ4v) is 2.09. The number of aliphatic hydroxyl groups is 1. The molecule has 0 amide bonds. The van der Waals surface area contributed by atoms with Crippen LogP contribution in [0.2, 0.25) is 0 Å². The number of aliphatic hydroxyl groups excluding tert-OH is 1. The molecule has 2 rings (SSSR count). The van der Waals surface area contributed by atoms with Gasteiger partial charge in [0.2, 0.25) is 0 Å². The molecule has 0 saturated carbocycles. The maximum atomic E-state index is 8.97. The van der Waals surface area contributed by atoms with Crippen molar-refractivity contribution in [3.05, 3.63) is 17.3 Å². The van der Waals surface area contributed by atoms with Crippen molar-refractivity contribution >= 4 is 27.4 Å². The van der Waals surface area contributed by atoms with Crippen LogP contribution in [0.25, 0.3) is 10.2 Å². The molecular weight excluding hydrogens is 198 g/mol. The third kappa shape index (κ3) is 1.56. The molecule has 0 aliphatic rings. The summed E-state index contributed by atoms with van der Waals surface area (Å²) in [6, 6.07) is 1.91. The van der Waals surface area contributed by atoms with Gasteiger partial charge in [0.25, 0.3) is 0 Å². The second-order valence-electron chi connectivity index (χ2n) is 2.80. The Morgan fingerprint density at radius 1 is 1.57 bits per heavy atom. The molecule has 0 radical (unpaired) electrons. The fraction of sp³-hybridized carbons (Fsp3) is 0.333. The van der Waals surface area contributed by atoms with Crippen molar-refractivity contribution in [1.82, 2.24) is 9.97 Å². The maximum Gasteiger partial charge on any atom is 0.153 e. The Labute approximate surface area is 85.6 Å². The lowest BCUT2D eigenvalue weighted by molar-refractivity contribution is 0.281. The van der Waals surface area contributed by atoms with Crippen molar-refractivity contribution in [2.75, 3.05) is 11.9 Å². The molecule has 0 bridgehead atoms. The summed E-state index contributed by atoms with van der Waals surface area (Å²) in [7, 11) is 0. The van der Waals surface area contributed by atoms with Gasteiger partial charge in [-0.05, 0) is 13.0 Å². The van der Waals surface area contributed by atoms with E-state index in [1.165, 1.54) is 11.3 Å². The van der Waals surface area contributed by atoms with E-state index >= 15 is 0 Å². The molecule has 2 N–H and O–H groups in total. The van der Waals surface area contributed by atoms with E-state index in [0.717, 1.165) is 27.6 Å². The number of hydrogen-bond acceptors (Lipinski definition) is 5. The molecule has 2 aromatic heterocycles. The Kier molecular flexibility index (Phi) is 2.60. The van der Waals surface area contributed by atoms with E-state index in [-0.39, 0.29) is 6.61 Å². The van der Waals surface area contributed by atoms with Crippen LogP contribution in [0.3, 0.4) is 0 Å². The smallest absolute Gasteiger partial charge is 0.153 e. The molecule has 74 valence electrons. The van der Waals surface area contributed by atoms with E-state index in [1.54, 1.807) is 6.20 Å². The molecular formula is C9H11N3OS. The Hall–Kier alpha value is -1.20. The van der Waals surface area contributed by atoms with Crippen molar-refractivity contribution in [1.29, 1.82) is 0 Å². The highest BCUT2D eigenvalue weighted by Crippen LogP contribution is 2.26. The number of thiazole rings is 1. The normalized spacial score (nSPS) is 10.7. The van der Waals surface area contributed by atoms with Gasteiger partial charge in [-0.3, -0.25) is 0 Å². The lowest BCUT2D eigenvalue weighted by Crippen LogP contribution is -1.99. The van der Waals surface area contributed by atoms with Crippen molar-refractivity contribution in [3.63, 3.8) is 0 Å². The second-order valence-corrected chi connectivity index (χ2v) is 3.92. The monoisotopic (exact) mass is 209 g/mol. The van der Waals surface area contributed by atoms with E-state index < -0.39 is 0 Å². The standard InChI is InChI=1S/C9H11N3OS/c1-2-10-9-8-6(3-4-11-9)14-7(5-13)12-8/h3-4,13H,2,5H2,1H3,(H,10,11). The average Bonchev–Trinajstić information content (AvgIpc) is 2.62. The Morgan fingerprint density at radius 2 is 2.43 bits per heavy atom. The zero-order chi connectivity index (χ0) is 9.97. The Balaban J connectivity index is 2.55. The van der Waals surface area contributed by atoms with Crippen LogP contribution in [-0.2, 0) is 6.61 Å². The van der Waals surface area contributed by atoms with Gasteiger partial charge in [0.1, 0.15) is 10.5 Å². The van der Waals surface area contributed by atoms with E-state index in [9.17, 15) is 0 Å². The number of hydrogen-bond donors (Lipinski definition) is 2. The van der Waals surface area contributed by atoms with Gasteiger partial charge >= 0.3 is 0 Å². The molecule has 0 atom stereocenters. The first kappa shape index (κ1) is 9.36. The SMILES string of the molecule is CCNc1nccc2sc(CO)nc12. The van der Waals surface area contributed by atoms with Crippen molar-refractivity contribution < 1.29 is 5.11 Å². The van der Waals surface area contributed by atoms with Gasteiger partial charge in [-0.2, -0.15) is 0 Å². The Morgan fingerprint density at radius 3 is 3.14 bits per heavy atom. The summed E-state index contributed by atoms with van der Waals surface area (Å²) in [5.41, 5.74) is 0.850. The van der Waals surface area contributed by atoms with Crippen LogP contribution in [0.15, 0.2) is 12.3 Å². The molecule has 0 fully saturated rings. The van der Waals surface area contributed by atoms with Crippen LogP contribution < -0.4 is 5.32 Å². The second kappa shape index (κ2) is 3.89. The number of nitrogens with one attached hydrogen (secondary N) is 1. The topological polar surface area (TPSA) is 58.0 Å². The first-order valence-corrected chi connectivity index (χ1v) is 5.26. The number of fused-ring (bicyclic) bond motifs is 1. The summed E-state index contributed by atoms with van der Waals surface area (Å²) in [5, 5.41) is 12.8. The van der Waals surface area contributed by atoms with Crippen molar-refractivity contribution in [2.24, 2.45) is 0 Å². The van der Waals surface area contributed by atoms with Crippen molar-refractivity contribution in [3.8, 4) is 0 Å². The van der Waals surface area contributed by atoms with E-state index in [2.05, 4.69) is 15.3 Å². The van der Waals surface area contributed by atoms with Crippen LogP contribution in [0, 0.1) is 0 Å². The molecule has 0 aliphatic heterocycles. The summed E-state index contributed by atoms with van der Waals surface area (Å²) in [5.74, 6) is 0.793. The third-order valence-corrected chi connectivity index (χ3v) is 2.84. The van der Waals surface area contributed by atoms with Gasteiger partial charge in [0.05, 0.1) is 11.3 Å². The lowest BCUT2D eigenvalue weighted by atomic mass is 10.4. The van der Waals surface area contributed by atoms with Gasteiger partial charge in [-0.1, -0.05) is 0 Å². The molecule has 0 aliphatic carbocycles. The number of anilines is 1. The molecule has 0 aromatic carbocycles. The molecule has 0 saturated heterocycles. The molecule has 2 heterocycles. The third-order valence-electron chi connectivity index (χ3n) is 1.83. The molecule has 4 nitrogen and oxygen atoms in total. The lowest BCUT2D eigenvalue weighted by Gasteiger charge is -2.00. The number of aromatic nitrogens is 2. The molecule has 0 unspecified atom stereocenters. The van der Waals surface area contributed by atoms with Crippen LogP contribution in [-0.4, -0.2) is 21.6 Å². The van der Waals surface area contributed by atoms with Gasteiger partial charge < -0.3 is 10.4 Å². The van der Waals surface area contributed by atoms with Gasteiger partial charge in [0.15, 0.2) is 5.82 Å². The first-order chi connectivity index (χ1) is 6.85. The number of pyridine rings is 1.